The third kappa shape index (κ3) is 4.36. The minimum absolute atomic E-state index is 0.0194. The van der Waals surface area contributed by atoms with E-state index in [2.05, 4.69) is 38.2 Å². The van der Waals surface area contributed by atoms with Crippen LogP contribution in [-0.2, 0) is 16.6 Å². The number of aryl methyl sites for hydroxylation is 1. The summed E-state index contributed by atoms with van der Waals surface area (Å²) in [6.45, 7) is 7.62. The van der Waals surface area contributed by atoms with E-state index >= 15 is 0 Å². The summed E-state index contributed by atoms with van der Waals surface area (Å²) in [6, 6.07) is 5.88. The molecule has 0 radical (unpaired) electrons. The van der Waals surface area contributed by atoms with Crippen molar-refractivity contribution in [3.63, 3.8) is 0 Å². The van der Waals surface area contributed by atoms with Crippen LogP contribution in [0.3, 0.4) is 0 Å². The van der Waals surface area contributed by atoms with Crippen LogP contribution in [0.15, 0.2) is 36.8 Å². The van der Waals surface area contributed by atoms with Crippen molar-refractivity contribution in [3.05, 3.63) is 47.4 Å². The van der Waals surface area contributed by atoms with Crippen molar-refractivity contribution in [2.45, 2.75) is 31.5 Å². The first-order valence-electron chi connectivity index (χ1n) is 12.8. The number of nitrogens with one attached hydrogen (secondary N) is 1. The Morgan fingerprint density at radius 3 is 2.65 bits per heavy atom. The molecule has 2 saturated heterocycles. The normalized spacial score (nSPS) is 30.1. The average Bonchev–Trinajstić information content (AvgIpc) is 3.15. The molecule has 5 atom stereocenters. The number of hydrogen-bond acceptors (Lipinski definition) is 6. The lowest BCUT2D eigenvalue weighted by Gasteiger charge is -2.44. The Morgan fingerprint density at radius 2 is 1.97 bits per heavy atom. The second-order valence-corrected chi connectivity index (χ2v) is 11.3. The molecule has 37 heavy (non-hydrogen) atoms. The molecule has 1 aromatic carbocycles. The number of amides is 1. The molecule has 1 N–H and O–H groups in total. The number of carbonyl (C=O) groups is 1. The number of pyridine rings is 1. The van der Waals surface area contributed by atoms with E-state index in [4.69, 9.17) is 16.3 Å². The first kappa shape index (κ1) is 24.6. The number of alkyl halides is 1. The van der Waals surface area contributed by atoms with Crippen molar-refractivity contribution in [1.82, 2.24) is 19.7 Å². The van der Waals surface area contributed by atoms with Gasteiger partial charge < -0.3 is 15.0 Å². The predicted molar refractivity (Wildman–Crippen MR) is 142 cm³/mol. The lowest BCUT2D eigenvalue weighted by atomic mass is 9.96. The first-order chi connectivity index (χ1) is 17.7. The van der Waals surface area contributed by atoms with Gasteiger partial charge in [-0.3, -0.25) is 14.4 Å². The van der Waals surface area contributed by atoms with E-state index in [9.17, 15) is 9.18 Å². The van der Waals surface area contributed by atoms with Crippen molar-refractivity contribution >= 4 is 39.8 Å². The third-order valence-electron chi connectivity index (χ3n) is 8.51. The van der Waals surface area contributed by atoms with Crippen molar-refractivity contribution < 1.29 is 13.9 Å². The minimum Gasteiger partial charge on any atom is -0.376 e. The number of ether oxygens (including phenoxy) is 1. The second kappa shape index (κ2) is 9.22. The van der Waals surface area contributed by atoms with Gasteiger partial charge in [0.2, 0.25) is 5.91 Å². The number of carbonyl (C=O) groups excluding carboxylic acids is 1. The molecule has 0 unspecified atom stereocenters. The molecule has 1 aliphatic carbocycles. The fourth-order valence-electron chi connectivity index (χ4n) is 6.05. The van der Waals surface area contributed by atoms with E-state index in [1.54, 1.807) is 10.9 Å². The monoisotopic (exact) mass is 526 g/mol. The average molecular weight is 527 g/mol. The van der Waals surface area contributed by atoms with E-state index < -0.39 is 11.7 Å². The topological polar surface area (TPSA) is 75.5 Å². The summed E-state index contributed by atoms with van der Waals surface area (Å²) in [4.78, 5) is 21.9. The Hall–Kier alpha value is -2.75. The van der Waals surface area contributed by atoms with Crippen LogP contribution in [0.4, 0.5) is 15.9 Å². The molecule has 3 aliphatic rings. The van der Waals surface area contributed by atoms with Gasteiger partial charge in [0.25, 0.3) is 0 Å². The van der Waals surface area contributed by atoms with Gasteiger partial charge in [-0.05, 0) is 42.0 Å². The summed E-state index contributed by atoms with van der Waals surface area (Å²) in [5.74, 6) is 0.870. The molecule has 8 nitrogen and oxygen atoms in total. The molecule has 3 fully saturated rings. The molecule has 196 valence electrons. The SMILES string of the molecule is C[C@H]1[C@H](C(=O)Nc2cc3cc(N4CCN([C@@]5(C)COC[C@H]5F)CC4)c(Cl)cc3cn2)[C@H]1c1cnn(C)c1. The van der Waals surface area contributed by atoms with Gasteiger partial charge >= 0.3 is 0 Å². The quantitative estimate of drug-likeness (QED) is 0.544. The minimum atomic E-state index is -0.970. The number of aromatic nitrogens is 3. The molecule has 1 saturated carbocycles. The van der Waals surface area contributed by atoms with E-state index in [0.29, 0.717) is 17.4 Å². The zero-order valence-corrected chi connectivity index (χ0v) is 22.1. The van der Waals surface area contributed by atoms with Gasteiger partial charge in [0.05, 0.1) is 35.7 Å². The molecule has 10 heteroatoms. The zero-order valence-electron chi connectivity index (χ0n) is 21.3. The van der Waals surface area contributed by atoms with Gasteiger partial charge in [0, 0.05) is 62.8 Å². The van der Waals surface area contributed by atoms with E-state index in [1.165, 1.54) is 0 Å². The van der Waals surface area contributed by atoms with E-state index in [1.807, 2.05) is 38.5 Å². The molecule has 1 amide bonds. The van der Waals surface area contributed by atoms with Gasteiger partial charge in [-0.1, -0.05) is 18.5 Å². The van der Waals surface area contributed by atoms with Gasteiger partial charge in [-0.2, -0.15) is 5.10 Å². The Morgan fingerprint density at radius 1 is 1.19 bits per heavy atom. The number of halogens is 2. The van der Waals surface area contributed by atoms with E-state index in [-0.39, 0.29) is 30.3 Å². The second-order valence-electron chi connectivity index (χ2n) is 10.9. The summed E-state index contributed by atoms with van der Waals surface area (Å²) in [5.41, 5.74) is 1.47. The van der Waals surface area contributed by atoms with Gasteiger partial charge in [0.15, 0.2) is 0 Å². The van der Waals surface area contributed by atoms with Crippen LogP contribution in [0.25, 0.3) is 10.8 Å². The van der Waals surface area contributed by atoms with Crippen molar-refractivity contribution in [1.29, 1.82) is 0 Å². The summed E-state index contributed by atoms with van der Waals surface area (Å²) >= 11 is 6.68. The summed E-state index contributed by atoms with van der Waals surface area (Å²) < 4.78 is 21.7. The number of rotatable bonds is 5. The van der Waals surface area contributed by atoms with Crippen molar-refractivity contribution in [2.75, 3.05) is 49.6 Å². The van der Waals surface area contributed by atoms with Crippen LogP contribution < -0.4 is 10.2 Å². The zero-order chi connectivity index (χ0) is 25.9. The number of piperazine rings is 1. The first-order valence-corrected chi connectivity index (χ1v) is 13.2. The maximum absolute atomic E-state index is 14.5. The molecule has 6 rings (SSSR count). The highest BCUT2D eigenvalue weighted by molar-refractivity contribution is 6.34. The fraction of sp³-hybridized carbons (Fsp3) is 0.519. The smallest absolute Gasteiger partial charge is 0.229 e. The van der Waals surface area contributed by atoms with Crippen LogP contribution in [0.1, 0.15) is 25.3 Å². The highest BCUT2D eigenvalue weighted by Crippen LogP contribution is 2.54. The highest BCUT2D eigenvalue weighted by atomic mass is 35.5. The van der Waals surface area contributed by atoms with Crippen LogP contribution in [0, 0.1) is 11.8 Å². The Balaban J connectivity index is 1.16. The molecule has 2 aliphatic heterocycles. The van der Waals surface area contributed by atoms with E-state index in [0.717, 1.165) is 48.2 Å². The highest BCUT2D eigenvalue weighted by Gasteiger charge is 2.53. The maximum Gasteiger partial charge on any atom is 0.229 e. The molecule has 0 spiro atoms. The molecule has 2 aromatic heterocycles. The molecule has 3 aromatic rings. The predicted octanol–water partition coefficient (Wildman–Crippen LogP) is 3.86. The lowest BCUT2D eigenvalue weighted by molar-refractivity contribution is -0.117. The van der Waals surface area contributed by atoms with Gasteiger partial charge in [-0.15, -0.1) is 0 Å². The maximum atomic E-state index is 14.5. The Bertz CT molecular complexity index is 1340. The molecule has 0 bridgehead atoms. The number of fused-ring (bicyclic) bond motifs is 1. The third-order valence-corrected chi connectivity index (χ3v) is 8.81. The standard InChI is InChI=1S/C27H32ClFN6O2/c1-16-24(19-12-31-33(3)13-19)25(16)26(36)32-23-10-17-9-21(20(28)8-18(17)11-30-23)34-4-6-35(7-5-34)27(2)15-37-14-22(27)29/h8-13,16,22,24-25H,4-7,14-15H2,1-3H3,(H,30,32,36)/t16-,22-,24-,25+,27+/m1/s1. The van der Waals surface area contributed by atoms with Crippen LogP contribution >= 0.6 is 11.6 Å². The summed E-state index contributed by atoms with van der Waals surface area (Å²) in [5, 5.41) is 9.78. The van der Waals surface area contributed by atoms with Crippen LogP contribution in [0.5, 0.6) is 0 Å². The summed E-state index contributed by atoms with van der Waals surface area (Å²) in [7, 11) is 1.88. The largest absolute Gasteiger partial charge is 0.376 e. The van der Waals surface area contributed by atoms with Crippen molar-refractivity contribution in [3.8, 4) is 0 Å². The van der Waals surface area contributed by atoms with Crippen molar-refractivity contribution in [2.24, 2.45) is 18.9 Å². The lowest BCUT2D eigenvalue weighted by Crippen LogP contribution is -2.59. The number of benzene rings is 1. The van der Waals surface area contributed by atoms with Crippen LogP contribution in [0.2, 0.25) is 5.02 Å². The Kier molecular flexibility index (Phi) is 6.12. The number of hydrogen-bond donors (Lipinski definition) is 1. The van der Waals surface area contributed by atoms with Crippen LogP contribution in [-0.4, -0.2) is 76.7 Å². The molecular formula is C27H32ClFN6O2. The molecular weight excluding hydrogens is 495 g/mol. The number of anilines is 2. The van der Waals surface area contributed by atoms with Gasteiger partial charge in [-0.25, -0.2) is 9.37 Å². The fourth-order valence-corrected chi connectivity index (χ4v) is 6.34. The number of nitrogens with zero attached hydrogens (tertiary/aromatic N) is 5. The summed E-state index contributed by atoms with van der Waals surface area (Å²) in [6.07, 6.45) is 4.59. The van der Waals surface area contributed by atoms with Gasteiger partial charge in [0.1, 0.15) is 12.0 Å². The Labute approximate surface area is 220 Å². The molecule has 4 heterocycles.